The number of hydrogen-bond acceptors (Lipinski definition) is 4. The topological polar surface area (TPSA) is 105 Å². The molecule has 2 aliphatic rings. The lowest BCUT2D eigenvalue weighted by Gasteiger charge is -2.31. The maximum atomic E-state index is 12.9. The van der Waals surface area contributed by atoms with Crippen molar-refractivity contribution in [3.8, 4) is 11.1 Å². The Morgan fingerprint density at radius 2 is 1.63 bits per heavy atom. The first-order valence-corrected chi connectivity index (χ1v) is 12.6. The van der Waals surface area contributed by atoms with Crippen LogP contribution in [0.1, 0.15) is 62.5 Å². The van der Waals surface area contributed by atoms with Crippen LogP contribution in [-0.2, 0) is 14.3 Å². The first kappa shape index (κ1) is 24.8. The maximum Gasteiger partial charge on any atom is 0.407 e. The average Bonchev–Trinajstić information content (AvgIpc) is 3.19. The summed E-state index contributed by atoms with van der Waals surface area (Å²) in [6, 6.07) is 15.5. The fourth-order valence-corrected chi connectivity index (χ4v) is 5.49. The van der Waals surface area contributed by atoms with Crippen LogP contribution in [0.25, 0.3) is 11.1 Å². The molecule has 0 radical (unpaired) electrons. The van der Waals surface area contributed by atoms with E-state index in [2.05, 4.69) is 34.9 Å². The predicted molar refractivity (Wildman–Crippen MR) is 133 cm³/mol. The van der Waals surface area contributed by atoms with Gasteiger partial charge < -0.3 is 20.5 Å². The molecule has 0 heterocycles. The van der Waals surface area contributed by atoms with Gasteiger partial charge in [0.25, 0.3) is 0 Å². The van der Waals surface area contributed by atoms with Crippen LogP contribution in [0.2, 0.25) is 0 Å². The van der Waals surface area contributed by atoms with Crippen LogP contribution in [0, 0.1) is 11.8 Å². The van der Waals surface area contributed by atoms with Crippen LogP contribution in [0.4, 0.5) is 4.79 Å². The number of aliphatic carboxylic acids is 1. The van der Waals surface area contributed by atoms with Crippen LogP contribution >= 0.6 is 0 Å². The number of carbonyl (C=O) groups excluding carboxylic acids is 2. The molecule has 0 saturated heterocycles. The lowest BCUT2D eigenvalue weighted by molar-refractivity contribution is -0.143. The number of carboxylic acid groups (broad SMARTS) is 1. The summed E-state index contributed by atoms with van der Waals surface area (Å²) in [5, 5.41) is 14.9. The third-order valence-corrected chi connectivity index (χ3v) is 7.29. The van der Waals surface area contributed by atoms with Gasteiger partial charge in [-0.05, 0) is 47.4 Å². The number of carbonyl (C=O) groups is 3. The van der Waals surface area contributed by atoms with Gasteiger partial charge in [-0.1, -0.05) is 74.7 Å². The number of nitrogens with one attached hydrogen (secondary N) is 2. The molecule has 1 fully saturated rings. The van der Waals surface area contributed by atoms with Gasteiger partial charge in [0.1, 0.15) is 12.6 Å². The molecule has 7 nitrogen and oxygen atoms in total. The number of hydrogen-bond donors (Lipinski definition) is 3. The number of ether oxygens (including phenoxy) is 1. The van der Waals surface area contributed by atoms with Gasteiger partial charge in [0.05, 0.1) is 0 Å². The minimum Gasteiger partial charge on any atom is -0.480 e. The third kappa shape index (κ3) is 5.66. The number of alkyl carbamates (subject to hydrolysis) is 1. The minimum atomic E-state index is -1.01. The molecule has 35 heavy (non-hydrogen) atoms. The highest BCUT2D eigenvalue weighted by Crippen LogP contribution is 2.44. The van der Waals surface area contributed by atoms with Crippen molar-refractivity contribution < 1.29 is 24.2 Å². The minimum absolute atomic E-state index is 0.00660. The van der Waals surface area contributed by atoms with Gasteiger partial charge in [-0.3, -0.25) is 4.79 Å². The van der Waals surface area contributed by atoms with Crippen LogP contribution in [0.5, 0.6) is 0 Å². The van der Waals surface area contributed by atoms with Crippen molar-refractivity contribution in [1.82, 2.24) is 10.6 Å². The first-order valence-electron chi connectivity index (χ1n) is 12.6. The van der Waals surface area contributed by atoms with Crippen molar-refractivity contribution in [3.63, 3.8) is 0 Å². The summed E-state index contributed by atoms with van der Waals surface area (Å²) in [5.74, 6) is -1.60. The van der Waals surface area contributed by atoms with Crippen molar-refractivity contribution in [2.75, 3.05) is 13.2 Å². The van der Waals surface area contributed by atoms with E-state index < -0.39 is 18.1 Å². The summed E-state index contributed by atoms with van der Waals surface area (Å²) >= 11 is 0. The molecular formula is C28H34N2O5. The fraction of sp³-hybridized carbons (Fsp3) is 0.464. The van der Waals surface area contributed by atoms with Gasteiger partial charge in [0.2, 0.25) is 5.91 Å². The first-order chi connectivity index (χ1) is 17.0. The molecule has 0 bridgehead atoms. The zero-order valence-electron chi connectivity index (χ0n) is 20.2. The molecule has 3 N–H and O–H groups in total. The molecule has 2 amide bonds. The van der Waals surface area contributed by atoms with E-state index >= 15 is 0 Å². The molecule has 2 aromatic rings. The lowest BCUT2D eigenvalue weighted by atomic mass is 9.78. The van der Waals surface area contributed by atoms with Gasteiger partial charge in [-0.2, -0.15) is 0 Å². The van der Waals surface area contributed by atoms with Crippen molar-refractivity contribution in [2.24, 2.45) is 11.8 Å². The van der Waals surface area contributed by atoms with Crippen LogP contribution in [-0.4, -0.2) is 42.3 Å². The Morgan fingerprint density at radius 3 is 2.26 bits per heavy atom. The summed E-state index contributed by atoms with van der Waals surface area (Å²) in [7, 11) is 0. The summed E-state index contributed by atoms with van der Waals surface area (Å²) in [5.41, 5.74) is 4.67. The van der Waals surface area contributed by atoms with Crippen molar-refractivity contribution in [3.05, 3.63) is 59.7 Å². The smallest absolute Gasteiger partial charge is 0.407 e. The quantitative estimate of drug-likeness (QED) is 0.485. The summed E-state index contributed by atoms with van der Waals surface area (Å²) in [6.45, 7) is 2.47. The third-order valence-electron chi connectivity index (χ3n) is 7.29. The van der Waals surface area contributed by atoms with E-state index in [4.69, 9.17) is 4.74 Å². The molecule has 3 atom stereocenters. The molecule has 2 unspecified atom stereocenters. The van der Waals surface area contributed by atoms with E-state index in [0.29, 0.717) is 25.8 Å². The van der Waals surface area contributed by atoms with E-state index in [1.165, 1.54) is 11.1 Å². The Morgan fingerprint density at radius 1 is 1.00 bits per heavy atom. The SMILES string of the molecule is CCC[C@@H](NC(=O)C1CCCCC1CNC(=O)OCC1c2ccccc2-c2ccccc21)C(=O)O. The number of rotatable bonds is 9. The Balaban J connectivity index is 1.32. The Kier molecular flexibility index (Phi) is 8.06. The second kappa shape index (κ2) is 11.4. The van der Waals surface area contributed by atoms with Gasteiger partial charge in [0, 0.05) is 18.4 Å². The molecule has 0 aromatic heterocycles. The van der Waals surface area contributed by atoms with Crippen molar-refractivity contribution in [1.29, 1.82) is 0 Å². The average molecular weight is 479 g/mol. The van der Waals surface area contributed by atoms with E-state index in [1.807, 2.05) is 31.2 Å². The van der Waals surface area contributed by atoms with Crippen LogP contribution in [0.15, 0.2) is 48.5 Å². The standard InChI is InChI=1S/C28H34N2O5/c1-2-9-25(27(32)33)30-26(31)19-11-4-3-10-18(19)16-29-28(34)35-17-24-22-14-7-5-12-20(22)21-13-6-8-15-23(21)24/h5-8,12-15,18-19,24-25H,2-4,9-11,16-17H2,1H3,(H,29,34)(H,30,31)(H,32,33)/t18?,19?,25-/m1/s1. The number of fused-ring (bicyclic) bond motifs is 3. The molecule has 1 saturated carbocycles. The molecule has 7 heteroatoms. The van der Waals surface area contributed by atoms with Gasteiger partial charge >= 0.3 is 12.1 Å². The fourth-order valence-electron chi connectivity index (χ4n) is 5.49. The largest absolute Gasteiger partial charge is 0.480 e. The van der Waals surface area contributed by atoms with E-state index in [1.54, 1.807) is 0 Å². The number of amides is 2. The highest BCUT2D eigenvalue weighted by molar-refractivity contribution is 5.85. The predicted octanol–water partition coefficient (Wildman–Crippen LogP) is 4.70. The highest BCUT2D eigenvalue weighted by Gasteiger charge is 2.34. The molecule has 0 spiro atoms. The lowest BCUT2D eigenvalue weighted by Crippen LogP contribution is -2.47. The highest BCUT2D eigenvalue weighted by atomic mass is 16.5. The Hall–Kier alpha value is -3.35. The van der Waals surface area contributed by atoms with Gasteiger partial charge in [0.15, 0.2) is 0 Å². The van der Waals surface area contributed by atoms with Crippen LogP contribution in [0.3, 0.4) is 0 Å². The summed E-state index contributed by atoms with van der Waals surface area (Å²) < 4.78 is 5.63. The summed E-state index contributed by atoms with van der Waals surface area (Å²) in [6.07, 6.45) is 3.99. The van der Waals surface area contributed by atoms with E-state index in [-0.39, 0.29) is 30.3 Å². The zero-order chi connectivity index (χ0) is 24.8. The monoisotopic (exact) mass is 478 g/mol. The second-order valence-corrected chi connectivity index (χ2v) is 9.55. The van der Waals surface area contributed by atoms with Crippen molar-refractivity contribution in [2.45, 2.75) is 57.4 Å². The molecular weight excluding hydrogens is 444 g/mol. The Labute approximate surface area is 206 Å². The van der Waals surface area contributed by atoms with Crippen molar-refractivity contribution >= 4 is 18.0 Å². The van der Waals surface area contributed by atoms with Gasteiger partial charge in [-0.15, -0.1) is 0 Å². The van der Waals surface area contributed by atoms with E-state index in [0.717, 1.165) is 30.4 Å². The molecule has 4 rings (SSSR count). The number of carboxylic acids is 1. The van der Waals surface area contributed by atoms with Crippen LogP contribution < -0.4 is 10.6 Å². The normalized spacial score (nSPS) is 19.8. The summed E-state index contributed by atoms with van der Waals surface area (Å²) in [4.78, 5) is 36.9. The molecule has 2 aliphatic carbocycles. The molecule has 2 aromatic carbocycles. The van der Waals surface area contributed by atoms with E-state index in [9.17, 15) is 19.5 Å². The second-order valence-electron chi connectivity index (χ2n) is 9.55. The zero-order valence-corrected chi connectivity index (χ0v) is 20.2. The number of benzene rings is 2. The maximum absolute atomic E-state index is 12.9. The molecule has 186 valence electrons. The molecule has 0 aliphatic heterocycles. The Bertz CT molecular complexity index is 1020. The van der Waals surface area contributed by atoms with Gasteiger partial charge in [-0.25, -0.2) is 9.59 Å².